The normalized spacial score (nSPS) is 18.2. The van der Waals surface area contributed by atoms with E-state index in [9.17, 15) is 4.79 Å². The Balaban J connectivity index is 3.89. The Morgan fingerprint density at radius 1 is 1.18 bits per heavy atom. The van der Waals surface area contributed by atoms with Gasteiger partial charge in [0.2, 0.25) is 5.91 Å². The fourth-order valence-corrected chi connectivity index (χ4v) is 1.74. The lowest BCUT2D eigenvalue weighted by Crippen LogP contribution is -2.39. The molecular weight excluding hydrogens is 212 g/mol. The van der Waals surface area contributed by atoms with E-state index in [0.29, 0.717) is 5.92 Å². The summed E-state index contributed by atoms with van der Waals surface area (Å²) in [5, 5.41) is 3.10. The Morgan fingerprint density at radius 2 is 1.76 bits per heavy atom. The van der Waals surface area contributed by atoms with E-state index in [2.05, 4.69) is 26.1 Å². The summed E-state index contributed by atoms with van der Waals surface area (Å²) < 4.78 is 0. The maximum Gasteiger partial charge on any atom is 0.223 e. The number of nitrogens with two attached hydrogens (primary N) is 1. The second-order valence-electron chi connectivity index (χ2n) is 5.49. The molecule has 102 valence electrons. The van der Waals surface area contributed by atoms with Crippen molar-refractivity contribution in [2.24, 2.45) is 17.6 Å². The summed E-state index contributed by atoms with van der Waals surface area (Å²) in [6, 6.07) is 0.507. The minimum atomic E-state index is 0.0975. The fourth-order valence-electron chi connectivity index (χ4n) is 1.74. The number of carbonyl (C=O) groups is 1. The fraction of sp³-hybridized carbons (Fsp3) is 0.929. The van der Waals surface area contributed by atoms with Crippen LogP contribution in [0.3, 0.4) is 0 Å². The van der Waals surface area contributed by atoms with Gasteiger partial charge in [-0.25, -0.2) is 0 Å². The molecule has 0 aliphatic heterocycles. The van der Waals surface area contributed by atoms with Crippen LogP contribution in [0.5, 0.6) is 0 Å². The van der Waals surface area contributed by atoms with E-state index in [-0.39, 0.29) is 23.9 Å². The summed E-state index contributed by atoms with van der Waals surface area (Å²) in [4.78, 5) is 11.9. The number of rotatable bonds is 8. The highest BCUT2D eigenvalue weighted by molar-refractivity contribution is 5.78. The highest BCUT2D eigenvalue weighted by atomic mass is 16.1. The van der Waals surface area contributed by atoms with Crippen LogP contribution in [0.1, 0.15) is 60.3 Å². The molecule has 3 N–H and O–H groups in total. The predicted octanol–water partition coefficient (Wildman–Crippen LogP) is 2.69. The molecule has 3 heteroatoms. The van der Waals surface area contributed by atoms with Gasteiger partial charge in [0.05, 0.1) is 0 Å². The van der Waals surface area contributed by atoms with Crippen LogP contribution in [-0.4, -0.2) is 18.0 Å². The van der Waals surface area contributed by atoms with Crippen molar-refractivity contribution in [3.05, 3.63) is 0 Å². The van der Waals surface area contributed by atoms with E-state index >= 15 is 0 Å². The molecule has 0 aliphatic rings. The highest BCUT2D eigenvalue weighted by Crippen LogP contribution is 2.12. The molecule has 0 aromatic heterocycles. The van der Waals surface area contributed by atoms with Crippen molar-refractivity contribution < 1.29 is 4.79 Å². The van der Waals surface area contributed by atoms with Gasteiger partial charge in [0.15, 0.2) is 0 Å². The van der Waals surface area contributed by atoms with Crippen LogP contribution >= 0.6 is 0 Å². The summed E-state index contributed by atoms with van der Waals surface area (Å²) in [6.07, 6.45) is 4.06. The Hall–Kier alpha value is -0.570. The van der Waals surface area contributed by atoms with Crippen molar-refractivity contribution in [1.82, 2.24) is 5.32 Å². The predicted molar refractivity (Wildman–Crippen MR) is 73.7 cm³/mol. The second kappa shape index (κ2) is 8.51. The summed E-state index contributed by atoms with van der Waals surface area (Å²) in [5.41, 5.74) is 5.69. The number of amides is 1. The first-order valence-corrected chi connectivity index (χ1v) is 6.94. The molecule has 0 saturated carbocycles. The summed E-state index contributed by atoms with van der Waals surface area (Å²) in [6.45, 7) is 10.4. The minimum absolute atomic E-state index is 0.0975. The standard InChI is InChI=1S/C14H30N2O/c1-6-10(2)13(5)16-14(17)11(3)8-7-9-12(4)15/h10-13H,6-9,15H2,1-5H3,(H,16,17). The molecule has 1 amide bonds. The van der Waals surface area contributed by atoms with Crippen molar-refractivity contribution in [2.45, 2.75) is 72.4 Å². The molecule has 0 bridgehead atoms. The van der Waals surface area contributed by atoms with Crippen LogP contribution in [0.4, 0.5) is 0 Å². The SMILES string of the molecule is CCC(C)C(C)NC(=O)C(C)CCCC(C)N. The van der Waals surface area contributed by atoms with Gasteiger partial charge >= 0.3 is 0 Å². The van der Waals surface area contributed by atoms with Crippen LogP contribution in [0.2, 0.25) is 0 Å². The van der Waals surface area contributed by atoms with Gasteiger partial charge in [-0.1, -0.05) is 33.6 Å². The Morgan fingerprint density at radius 3 is 2.24 bits per heavy atom. The van der Waals surface area contributed by atoms with Crippen LogP contribution in [-0.2, 0) is 4.79 Å². The zero-order valence-electron chi connectivity index (χ0n) is 12.1. The first-order chi connectivity index (χ1) is 7.88. The molecular formula is C14H30N2O. The van der Waals surface area contributed by atoms with Gasteiger partial charge in [-0.15, -0.1) is 0 Å². The van der Waals surface area contributed by atoms with Crippen molar-refractivity contribution in [3.63, 3.8) is 0 Å². The minimum Gasteiger partial charge on any atom is -0.353 e. The largest absolute Gasteiger partial charge is 0.353 e. The lowest BCUT2D eigenvalue weighted by molar-refractivity contribution is -0.125. The van der Waals surface area contributed by atoms with Gasteiger partial charge in [0.25, 0.3) is 0 Å². The van der Waals surface area contributed by atoms with Crippen LogP contribution in [0.25, 0.3) is 0 Å². The number of nitrogens with one attached hydrogen (secondary N) is 1. The van der Waals surface area contributed by atoms with E-state index in [1.807, 2.05) is 13.8 Å². The van der Waals surface area contributed by atoms with Gasteiger partial charge in [-0.05, 0) is 32.6 Å². The Labute approximate surface area is 107 Å². The monoisotopic (exact) mass is 242 g/mol. The molecule has 17 heavy (non-hydrogen) atoms. The van der Waals surface area contributed by atoms with Gasteiger partial charge in [0, 0.05) is 18.0 Å². The lowest BCUT2D eigenvalue weighted by Gasteiger charge is -2.22. The third-order valence-electron chi connectivity index (χ3n) is 3.61. The third-order valence-corrected chi connectivity index (χ3v) is 3.61. The molecule has 0 aromatic carbocycles. The van der Waals surface area contributed by atoms with Crippen molar-refractivity contribution in [3.8, 4) is 0 Å². The third kappa shape index (κ3) is 7.37. The molecule has 0 spiro atoms. The molecule has 3 nitrogen and oxygen atoms in total. The molecule has 0 aromatic rings. The lowest BCUT2D eigenvalue weighted by atomic mass is 9.98. The van der Waals surface area contributed by atoms with Crippen LogP contribution in [0, 0.1) is 11.8 Å². The van der Waals surface area contributed by atoms with Crippen molar-refractivity contribution >= 4 is 5.91 Å². The number of hydrogen-bond acceptors (Lipinski definition) is 2. The molecule has 4 unspecified atom stereocenters. The first kappa shape index (κ1) is 16.4. The maximum absolute atomic E-state index is 11.9. The number of carbonyl (C=O) groups excluding carboxylic acids is 1. The average Bonchev–Trinajstić information content (AvgIpc) is 2.26. The Bertz CT molecular complexity index is 216. The second-order valence-corrected chi connectivity index (χ2v) is 5.49. The first-order valence-electron chi connectivity index (χ1n) is 6.94. The topological polar surface area (TPSA) is 55.1 Å². The van der Waals surface area contributed by atoms with Crippen LogP contribution in [0.15, 0.2) is 0 Å². The molecule has 0 heterocycles. The molecule has 0 radical (unpaired) electrons. The molecule has 0 saturated heterocycles. The van der Waals surface area contributed by atoms with Crippen LogP contribution < -0.4 is 11.1 Å². The zero-order chi connectivity index (χ0) is 13.4. The summed E-state index contributed by atoms with van der Waals surface area (Å²) >= 11 is 0. The summed E-state index contributed by atoms with van der Waals surface area (Å²) in [7, 11) is 0. The summed E-state index contributed by atoms with van der Waals surface area (Å²) in [5.74, 6) is 0.818. The molecule has 0 aliphatic carbocycles. The van der Waals surface area contributed by atoms with Crippen molar-refractivity contribution in [2.75, 3.05) is 0 Å². The van der Waals surface area contributed by atoms with E-state index in [4.69, 9.17) is 5.73 Å². The van der Waals surface area contributed by atoms with E-state index in [0.717, 1.165) is 25.7 Å². The maximum atomic E-state index is 11.9. The smallest absolute Gasteiger partial charge is 0.223 e. The Kier molecular flexibility index (Phi) is 8.23. The molecule has 0 fully saturated rings. The quantitative estimate of drug-likeness (QED) is 0.687. The molecule has 0 rings (SSSR count). The van der Waals surface area contributed by atoms with E-state index < -0.39 is 0 Å². The van der Waals surface area contributed by atoms with Gasteiger partial charge in [0.1, 0.15) is 0 Å². The molecule has 4 atom stereocenters. The number of hydrogen-bond donors (Lipinski definition) is 2. The van der Waals surface area contributed by atoms with Gasteiger partial charge in [-0.3, -0.25) is 4.79 Å². The van der Waals surface area contributed by atoms with Gasteiger partial charge in [-0.2, -0.15) is 0 Å². The highest BCUT2D eigenvalue weighted by Gasteiger charge is 2.17. The average molecular weight is 242 g/mol. The zero-order valence-corrected chi connectivity index (χ0v) is 12.1. The van der Waals surface area contributed by atoms with Crippen molar-refractivity contribution in [1.29, 1.82) is 0 Å². The van der Waals surface area contributed by atoms with Gasteiger partial charge < -0.3 is 11.1 Å². The van der Waals surface area contributed by atoms with E-state index in [1.165, 1.54) is 0 Å². The van der Waals surface area contributed by atoms with E-state index in [1.54, 1.807) is 0 Å².